The molecule has 2 aromatic rings. The van der Waals surface area contributed by atoms with Gasteiger partial charge < -0.3 is 9.64 Å². The first kappa shape index (κ1) is 19.7. The highest BCUT2D eigenvalue weighted by Crippen LogP contribution is 2.30. The van der Waals surface area contributed by atoms with Crippen molar-refractivity contribution in [2.75, 3.05) is 18.6 Å². The molecule has 2 aromatic carbocycles. The van der Waals surface area contributed by atoms with E-state index < -0.39 is 17.7 Å². The molecule has 0 aliphatic carbocycles. The van der Waals surface area contributed by atoms with Crippen LogP contribution < -0.4 is 5.43 Å². The number of halogens is 3. The van der Waals surface area contributed by atoms with Crippen LogP contribution in [0.25, 0.3) is 0 Å². The molecule has 5 nitrogen and oxygen atoms in total. The molecule has 148 valence electrons. The molecule has 0 unspecified atom stereocenters. The Labute approximate surface area is 160 Å². The summed E-state index contributed by atoms with van der Waals surface area (Å²) in [5.41, 5.74) is 4.18. The summed E-state index contributed by atoms with van der Waals surface area (Å²) < 4.78 is 43.7. The van der Waals surface area contributed by atoms with Crippen LogP contribution in [0.15, 0.2) is 53.6 Å². The Kier molecular flexibility index (Phi) is 5.87. The van der Waals surface area contributed by atoms with Gasteiger partial charge in [-0.1, -0.05) is 30.3 Å². The molecule has 0 atom stereocenters. The Hall–Kier alpha value is -3.03. The maximum Gasteiger partial charge on any atom is 0.416 e. The van der Waals surface area contributed by atoms with E-state index in [0.717, 1.165) is 24.1 Å². The third-order valence-corrected chi connectivity index (χ3v) is 4.37. The van der Waals surface area contributed by atoms with Crippen LogP contribution in [-0.2, 0) is 28.7 Å². The van der Waals surface area contributed by atoms with Gasteiger partial charge in [-0.3, -0.25) is 5.43 Å². The topological polar surface area (TPSA) is 53.9 Å². The SMILES string of the molecule is CCOC(=O)/C(=N/Nc1cccc(C(F)(F)F)c1)N1CCc2ccccc2C1. The highest BCUT2D eigenvalue weighted by atomic mass is 19.4. The molecule has 8 heteroatoms. The number of esters is 1. The van der Waals surface area contributed by atoms with Crippen LogP contribution in [-0.4, -0.2) is 29.9 Å². The molecule has 1 N–H and O–H groups in total. The van der Waals surface area contributed by atoms with E-state index in [1.807, 2.05) is 24.3 Å². The fraction of sp³-hybridized carbons (Fsp3) is 0.300. The van der Waals surface area contributed by atoms with Crippen LogP contribution in [0.2, 0.25) is 0 Å². The average Bonchev–Trinajstić information content (AvgIpc) is 2.68. The second kappa shape index (κ2) is 8.33. The van der Waals surface area contributed by atoms with E-state index in [-0.39, 0.29) is 18.1 Å². The highest BCUT2D eigenvalue weighted by Gasteiger charge is 2.30. The zero-order chi connectivity index (χ0) is 20.1. The molecule has 1 heterocycles. The Balaban J connectivity index is 1.84. The Bertz CT molecular complexity index is 881. The molecule has 0 spiro atoms. The van der Waals surface area contributed by atoms with Crippen molar-refractivity contribution in [2.24, 2.45) is 5.10 Å². The lowest BCUT2D eigenvalue weighted by molar-refractivity contribution is -0.138. The molecular weight excluding hydrogens is 371 g/mol. The standard InChI is InChI=1S/C20H20F3N3O2/c1-2-28-19(27)18(26-11-10-14-6-3-4-7-15(14)13-26)25-24-17-9-5-8-16(12-17)20(21,22)23/h3-9,12,24H,2,10-11,13H2,1H3/b25-18-. The van der Waals surface area contributed by atoms with E-state index in [4.69, 9.17) is 4.74 Å². The average molecular weight is 391 g/mol. The molecule has 0 bridgehead atoms. The van der Waals surface area contributed by atoms with Crippen LogP contribution in [0.5, 0.6) is 0 Å². The van der Waals surface area contributed by atoms with E-state index in [1.54, 1.807) is 11.8 Å². The third-order valence-electron chi connectivity index (χ3n) is 4.37. The fourth-order valence-corrected chi connectivity index (χ4v) is 3.00. The number of carbonyl (C=O) groups is 1. The number of rotatable bonds is 3. The predicted molar refractivity (Wildman–Crippen MR) is 99.7 cm³/mol. The Morgan fingerprint density at radius 1 is 1.18 bits per heavy atom. The van der Waals surface area contributed by atoms with Crippen molar-refractivity contribution in [3.05, 3.63) is 65.2 Å². The van der Waals surface area contributed by atoms with Gasteiger partial charge in [0.2, 0.25) is 5.84 Å². The minimum atomic E-state index is -4.46. The van der Waals surface area contributed by atoms with Crippen LogP contribution in [0, 0.1) is 0 Å². The molecule has 1 aliphatic heterocycles. The van der Waals surface area contributed by atoms with Gasteiger partial charge in [-0.2, -0.15) is 13.2 Å². The largest absolute Gasteiger partial charge is 0.460 e. The van der Waals surface area contributed by atoms with Crippen molar-refractivity contribution < 1.29 is 22.7 Å². The van der Waals surface area contributed by atoms with Crippen LogP contribution in [0.4, 0.5) is 18.9 Å². The lowest BCUT2D eigenvalue weighted by atomic mass is 10.00. The summed E-state index contributed by atoms with van der Waals surface area (Å²) in [7, 11) is 0. The molecule has 0 radical (unpaired) electrons. The van der Waals surface area contributed by atoms with Gasteiger partial charge in [0.15, 0.2) is 0 Å². The predicted octanol–water partition coefficient (Wildman–Crippen LogP) is 4.05. The number of hydrogen-bond acceptors (Lipinski definition) is 4. The van der Waals surface area contributed by atoms with E-state index in [1.165, 1.54) is 17.7 Å². The number of hydrazone groups is 1. The molecule has 0 amide bonds. The van der Waals surface area contributed by atoms with Gasteiger partial charge in [-0.15, -0.1) is 5.10 Å². The number of alkyl halides is 3. The monoisotopic (exact) mass is 391 g/mol. The summed E-state index contributed by atoms with van der Waals surface area (Å²) in [6.45, 7) is 2.88. The van der Waals surface area contributed by atoms with Crippen molar-refractivity contribution in [3.8, 4) is 0 Å². The molecule has 0 fully saturated rings. The normalized spacial score (nSPS) is 14.4. The van der Waals surface area contributed by atoms with Gasteiger partial charge in [0.05, 0.1) is 17.9 Å². The summed E-state index contributed by atoms with van der Waals surface area (Å²) in [4.78, 5) is 14.2. The zero-order valence-electron chi connectivity index (χ0n) is 15.3. The number of anilines is 1. The molecular formula is C20H20F3N3O2. The second-order valence-corrected chi connectivity index (χ2v) is 6.29. The van der Waals surface area contributed by atoms with E-state index in [0.29, 0.717) is 13.1 Å². The molecule has 28 heavy (non-hydrogen) atoms. The first-order chi connectivity index (χ1) is 13.4. The van der Waals surface area contributed by atoms with Gasteiger partial charge in [-0.05, 0) is 42.7 Å². The Morgan fingerprint density at radius 2 is 1.93 bits per heavy atom. The van der Waals surface area contributed by atoms with Crippen molar-refractivity contribution in [1.29, 1.82) is 0 Å². The summed E-state index contributed by atoms with van der Waals surface area (Å²) in [5.74, 6) is -0.588. The van der Waals surface area contributed by atoms with Crippen LogP contribution >= 0.6 is 0 Å². The number of fused-ring (bicyclic) bond motifs is 1. The molecule has 3 rings (SSSR count). The maximum atomic E-state index is 12.9. The first-order valence-electron chi connectivity index (χ1n) is 8.88. The molecule has 1 aliphatic rings. The minimum Gasteiger partial charge on any atom is -0.460 e. The van der Waals surface area contributed by atoms with Gasteiger partial charge in [0.25, 0.3) is 0 Å². The van der Waals surface area contributed by atoms with Gasteiger partial charge >= 0.3 is 12.1 Å². The number of benzene rings is 2. The van der Waals surface area contributed by atoms with Gasteiger partial charge in [0.1, 0.15) is 0 Å². The minimum absolute atomic E-state index is 0.0359. The van der Waals surface area contributed by atoms with E-state index in [2.05, 4.69) is 10.5 Å². The molecule has 0 aromatic heterocycles. The quantitative estimate of drug-likeness (QED) is 0.371. The second-order valence-electron chi connectivity index (χ2n) is 6.29. The van der Waals surface area contributed by atoms with Gasteiger partial charge in [0, 0.05) is 13.1 Å². The van der Waals surface area contributed by atoms with Crippen LogP contribution in [0.3, 0.4) is 0 Å². The van der Waals surface area contributed by atoms with E-state index >= 15 is 0 Å². The van der Waals surface area contributed by atoms with Crippen LogP contribution in [0.1, 0.15) is 23.6 Å². The lowest BCUT2D eigenvalue weighted by Gasteiger charge is -2.30. The van der Waals surface area contributed by atoms with Gasteiger partial charge in [-0.25, -0.2) is 4.79 Å². The smallest absolute Gasteiger partial charge is 0.416 e. The number of carbonyl (C=O) groups excluding carboxylic acids is 1. The highest BCUT2D eigenvalue weighted by molar-refractivity contribution is 6.35. The number of nitrogens with one attached hydrogen (secondary N) is 1. The fourth-order valence-electron chi connectivity index (χ4n) is 3.00. The molecule has 0 saturated heterocycles. The number of amidine groups is 1. The van der Waals surface area contributed by atoms with Crippen molar-refractivity contribution in [3.63, 3.8) is 0 Å². The summed E-state index contributed by atoms with van der Waals surface area (Å²) in [6.07, 6.45) is -3.72. The van der Waals surface area contributed by atoms with Crippen molar-refractivity contribution in [1.82, 2.24) is 4.90 Å². The Morgan fingerprint density at radius 3 is 2.64 bits per heavy atom. The first-order valence-corrected chi connectivity index (χ1v) is 8.88. The van der Waals surface area contributed by atoms with E-state index in [9.17, 15) is 18.0 Å². The summed E-state index contributed by atoms with van der Waals surface area (Å²) >= 11 is 0. The summed E-state index contributed by atoms with van der Waals surface area (Å²) in [6, 6.07) is 12.5. The number of ether oxygens (including phenoxy) is 1. The number of nitrogens with zero attached hydrogens (tertiary/aromatic N) is 2. The summed E-state index contributed by atoms with van der Waals surface area (Å²) in [5, 5.41) is 4.08. The lowest BCUT2D eigenvalue weighted by Crippen LogP contribution is -2.41. The van der Waals surface area contributed by atoms with Crippen molar-refractivity contribution >= 4 is 17.5 Å². The number of hydrogen-bond donors (Lipinski definition) is 1. The third kappa shape index (κ3) is 4.62. The zero-order valence-corrected chi connectivity index (χ0v) is 15.3. The maximum absolute atomic E-state index is 12.9. The van der Waals surface area contributed by atoms with Crippen molar-refractivity contribution in [2.45, 2.75) is 26.1 Å². The molecule has 0 saturated carbocycles.